The van der Waals surface area contributed by atoms with Crippen LogP contribution in [0.25, 0.3) is 22.3 Å². The van der Waals surface area contributed by atoms with Crippen LogP contribution in [0.5, 0.6) is 0 Å². The maximum atomic E-state index is 13.9. The number of hydrogen-bond donors (Lipinski definition) is 3. The molecule has 1 aliphatic rings. The molecule has 3 N–H and O–H groups in total. The van der Waals surface area contributed by atoms with Crippen LogP contribution in [-0.2, 0) is 4.79 Å². The fraction of sp³-hybridized carbons (Fsp3) is 0.158. The van der Waals surface area contributed by atoms with Crippen LogP contribution in [0, 0.1) is 0 Å². The maximum Gasteiger partial charge on any atom is 0.334 e. The molecule has 7 nitrogen and oxygen atoms in total. The van der Waals surface area contributed by atoms with Gasteiger partial charge in [0.2, 0.25) is 0 Å². The molecule has 0 unspecified atom stereocenters. The van der Waals surface area contributed by atoms with E-state index in [2.05, 4.69) is 11.4 Å². The molecule has 0 aliphatic heterocycles. The number of ketones is 2. The minimum Gasteiger partial charge on any atom is -0.479 e. The van der Waals surface area contributed by atoms with E-state index in [1.165, 1.54) is 42.3 Å². The molecular formula is C38H33NO6. The highest BCUT2D eigenvalue weighted by Crippen LogP contribution is 2.29. The van der Waals surface area contributed by atoms with Gasteiger partial charge in [0.15, 0.2) is 17.7 Å². The Morgan fingerprint density at radius 3 is 1.89 bits per heavy atom. The summed E-state index contributed by atoms with van der Waals surface area (Å²) in [6, 6.07) is 30.6. The fourth-order valence-electron chi connectivity index (χ4n) is 5.22. The molecule has 0 radical (unpaired) electrons. The summed E-state index contributed by atoms with van der Waals surface area (Å²) in [6.45, 7) is -0.455. The van der Waals surface area contributed by atoms with Crippen LogP contribution in [0.15, 0.2) is 115 Å². The van der Waals surface area contributed by atoms with E-state index in [-0.39, 0.29) is 28.3 Å². The molecule has 4 aromatic rings. The van der Waals surface area contributed by atoms with E-state index in [0.29, 0.717) is 11.1 Å². The van der Waals surface area contributed by atoms with Gasteiger partial charge in [-0.1, -0.05) is 97.1 Å². The molecule has 4 aromatic carbocycles. The van der Waals surface area contributed by atoms with Crippen molar-refractivity contribution in [3.8, 4) is 11.1 Å². The minimum absolute atomic E-state index is 0.189. The highest BCUT2D eigenvalue weighted by molar-refractivity contribution is 6.32. The third kappa shape index (κ3) is 7.77. The number of benzene rings is 4. The van der Waals surface area contributed by atoms with Gasteiger partial charge in [-0.25, -0.2) is 4.79 Å². The van der Waals surface area contributed by atoms with E-state index in [0.717, 1.165) is 36.0 Å². The molecule has 0 bridgehead atoms. The molecule has 0 spiro atoms. The van der Waals surface area contributed by atoms with Crippen LogP contribution in [0.1, 0.15) is 67.9 Å². The number of nitrogens with one attached hydrogen (secondary N) is 1. The van der Waals surface area contributed by atoms with Crippen molar-refractivity contribution in [2.75, 3.05) is 6.54 Å². The zero-order chi connectivity index (χ0) is 31.8. The molecule has 1 amide bonds. The number of carbonyl (C=O) groups is 4. The molecule has 0 saturated heterocycles. The fourth-order valence-corrected chi connectivity index (χ4v) is 5.22. The lowest BCUT2D eigenvalue weighted by Crippen LogP contribution is -2.36. The van der Waals surface area contributed by atoms with Gasteiger partial charge in [0.25, 0.3) is 5.91 Å². The van der Waals surface area contributed by atoms with Crippen molar-refractivity contribution in [3.05, 3.63) is 143 Å². The van der Waals surface area contributed by atoms with Gasteiger partial charge < -0.3 is 15.5 Å². The van der Waals surface area contributed by atoms with Crippen LogP contribution in [0.4, 0.5) is 0 Å². The summed E-state index contributed by atoms with van der Waals surface area (Å²) in [6.07, 6.45) is 6.27. The summed E-state index contributed by atoms with van der Waals surface area (Å²) < 4.78 is 0. The molecule has 1 atom stereocenters. The number of aliphatic carboxylic acids is 1. The van der Waals surface area contributed by atoms with Crippen LogP contribution >= 0.6 is 0 Å². The topological polar surface area (TPSA) is 121 Å². The van der Waals surface area contributed by atoms with Crippen molar-refractivity contribution in [1.82, 2.24) is 5.32 Å². The lowest BCUT2D eigenvalue weighted by Gasteiger charge is -2.14. The third-order valence-corrected chi connectivity index (χ3v) is 7.80. The second-order valence-corrected chi connectivity index (χ2v) is 10.9. The number of carboxylic acids is 1. The summed E-state index contributed by atoms with van der Waals surface area (Å²) >= 11 is 0. The molecule has 0 aromatic heterocycles. The average Bonchev–Trinajstić information content (AvgIpc) is 3.10. The first kappa shape index (κ1) is 31.0. The number of aliphatic hydroxyl groups excluding tert-OH is 1. The molecule has 226 valence electrons. The van der Waals surface area contributed by atoms with Gasteiger partial charge in [0.1, 0.15) is 0 Å². The molecule has 45 heavy (non-hydrogen) atoms. The normalized spacial score (nSPS) is 13.8. The van der Waals surface area contributed by atoms with E-state index in [1.807, 2.05) is 66.7 Å². The number of rotatable bonds is 11. The predicted octanol–water partition coefficient (Wildman–Crippen LogP) is 6.64. The molecular weight excluding hydrogens is 566 g/mol. The smallest absolute Gasteiger partial charge is 0.334 e. The quantitative estimate of drug-likeness (QED) is 0.131. The number of aliphatic hydroxyl groups is 1. The molecule has 7 heteroatoms. The van der Waals surface area contributed by atoms with E-state index in [4.69, 9.17) is 5.11 Å². The van der Waals surface area contributed by atoms with Crippen LogP contribution in [0.2, 0.25) is 0 Å². The summed E-state index contributed by atoms with van der Waals surface area (Å²) in [7, 11) is 0. The standard InChI is InChI=1S/C38H33NO6/c40-34(30-17-13-28(14-18-30)26-9-5-2-6-10-26)23-33(29-15-11-27(12-16-29)25-7-3-1-4-8-25)36(42)31-19-21-32(22-20-31)37(43)39-24-35(41)38(44)45/h2,5-7,9-23,35,41H,1,3-4,8,24H2,(H,39,43)(H,44,45)/b33-23-/t35-/m1/s1. The Hall–Kier alpha value is -5.40. The number of hydrogen-bond acceptors (Lipinski definition) is 5. The second kappa shape index (κ2) is 14.4. The van der Waals surface area contributed by atoms with Crippen LogP contribution in [0.3, 0.4) is 0 Å². The van der Waals surface area contributed by atoms with Gasteiger partial charge in [-0.3, -0.25) is 14.4 Å². The highest BCUT2D eigenvalue weighted by Gasteiger charge is 2.19. The van der Waals surface area contributed by atoms with Crippen molar-refractivity contribution in [2.24, 2.45) is 0 Å². The van der Waals surface area contributed by atoms with Crippen molar-refractivity contribution >= 4 is 34.6 Å². The number of allylic oxidation sites excluding steroid dienone is 4. The number of amides is 1. The first-order valence-electron chi connectivity index (χ1n) is 14.9. The summed E-state index contributed by atoms with van der Waals surface area (Å²) in [5, 5.41) is 20.6. The minimum atomic E-state index is -1.73. The number of Topliss-reactive ketones (excluding diaryl/α,β-unsaturated/α-hetero) is 1. The van der Waals surface area contributed by atoms with Crippen LogP contribution < -0.4 is 5.32 Å². The lowest BCUT2D eigenvalue weighted by atomic mass is 9.90. The second-order valence-electron chi connectivity index (χ2n) is 10.9. The number of carbonyl (C=O) groups excluding carboxylic acids is 3. The molecule has 0 fully saturated rings. The zero-order valence-electron chi connectivity index (χ0n) is 24.6. The van der Waals surface area contributed by atoms with E-state index in [1.54, 1.807) is 12.1 Å². The van der Waals surface area contributed by atoms with Crippen molar-refractivity contribution < 1.29 is 29.4 Å². The summed E-state index contributed by atoms with van der Waals surface area (Å²) in [5.41, 5.74) is 6.11. The van der Waals surface area contributed by atoms with E-state index < -0.39 is 24.5 Å². The Morgan fingerprint density at radius 2 is 1.27 bits per heavy atom. The zero-order valence-corrected chi connectivity index (χ0v) is 24.6. The Bertz CT molecular complexity index is 1750. The van der Waals surface area contributed by atoms with Crippen molar-refractivity contribution in [1.29, 1.82) is 0 Å². The van der Waals surface area contributed by atoms with Gasteiger partial charge in [-0.15, -0.1) is 0 Å². The maximum absolute atomic E-state index is 13.9. The Balaban J connectivity index is 1.42. The van der Waals surface area contributed by atoms with Gasteiger partial charge in [-0.2, -0.15) is 0 Å². The Labute approximate surface area is 261 Å². The SMILES string of the molecule is O=C(/C=C(\C(=O)c1ccc(C(=O)NC[C@@H](O)C(=O)O)cc1)c1ccc(C2=CCCCC2)cc1)c1ccc(-c2ccccc2)cc1. The van der Waals surface area contributed by atoms with Gasteiger partial charge in [-0.05, 0) is 71.7 Å². The Morgan fingerprint density at radius 1 is 0.689 bits per heavy atom. The summed E-state index contributed by atoms with van der Waals surface area (Å²) in [5.74, 6) is -2.74. The lowest BCUT2D eigenvalue weighted by molar-refractivity contribution is -0.146. The first-order valence-corrected chi connectivity index (χ1v) is 14.9. The molecule has 5 rings (SSSR count). The van der Waals surface area contributed by atoms with Gasteiger partial charge in [0.05, 0.1) is 6.54 Å². The average molecular weight is 600 g/mol. The monoisotopic (exact) mass is 599 g/mol. The van der Waals surface area contributed by atoms with Crippen molar-refractivity contribution in [2.45, 2.75) is 31.8 Å². The van der Waals surface area contributed by atoms with Gasteiger partial charge >= 0.3 is 5.97 Å². The largest absolute Gasteiger partial charge is 0.479 e. The van der Waals surface area contributed by atoms with E-state index in [9.17, 15) is 24.3 Å². The van der Waals surface area contributed by atoms with Gasteiger partial charge in [0, 0.05) is 22.3 Å². The first-order chi connectivity index (χ1) is 21.8. The van der Waals surface area contributed by atoms with Crippen LogP contribution in [-0.4, -0.2) is 46.3 Å². The number of carboxylic acid groups (broad SMARTS) is 1. The molecule has 0 saturated carbocycles. The molecule has 1 aliphatic carbocycles. The Kier molecular flexibility index (Phi) is 9.92. The predicted molar refractivity (Wildman–Crippen MR) is 174 cm³/mol. The van der Waals surface area contributed by atoms with E-state index >= 15 is 0 Å². The highest BCUT2D eigenvalue weighted by atomic mass is 16.4. The molecule has 0 heterocycles. The third-order valence-electron chi connectivity index (χ3n) is 7.80. The van der Waals surface area contributed by atoms with Crippen molar-refractivity contribution in [3.63, 3.8) is 0 Å². The summed E-state index contributed by atoms with van der Waals surface area (Å²) in [4.78, 5) is 50.6.